The van der Waals surface area contributed by atoms with Crippen LogP contribution in [0.4, 0.5) is 5.13 Å². The molecule has 0 unspecified atom stereocenters. The maximum Gasteiger partial charge on any atom is 0.223 e. The lowest BCUT2D eigenvalue weighted by molar-refractivity contribution is -0.125. The van der Waals surface area contributed by atoms with Crippen molar-refractivity contribution in [2.24, 2.45) is 11.7 Å². The summed E-state index contributed by atoms with van der Waals surface area (Å²) in [7, 11) is 0. The first kappa shape index (κ1) is 14.1. The van der Waals surface area contributed by atoms with Crippen LogP contribution in [0.2, 0.25) is 0 Å². The van der Waals surface area contributed by atoms with Gasteiger partial charge in [0.2, 0.25) is 11.0 Å². The fraction of sp³-hybridized carbons (Fsp3) is 0.667. The van der Waals surface area contributed by atoms with Crippen molar-refractivity contribution in [1.82, 2.24) is 15.5 Å². The molecule has 1 fully saturated rings. The fourth-order valence-electron chi connectivity index (χ4n) is 1.90. The second-order valence-corrected chi connectivity index (χ2v) is 5.12. The topological polar surface area (TPSA) is 107 Å². The van der Waals surface area contributed by atoms with Crippen LogP contribution in [-0.4, -0.2) is 22.1 Å². The fourth-order valence-corrected chi connectivity index (χ4v) is 2.45. The van der Waals surface area contributed by atoms with Gasteiger partial charge < -0.3 is 16.8 Å². The summed E-state index contributed by atoms with van der Waals surface area (Å²) < 4.78 is 0. The third-order valence-corrected chi connectivity index (χ3v) is 3.49. The highest BCUT2D eigenvalue weighted by Crippen LogP contribution is 2.24. The molecule has 0 spiro atoms. The van der Waals surface area contributed by atoms with Gasteiger partial charge in [-0.2, -0.15) is 0 Å². The molecule has 1 aromatic heterocycles. The molecule has 1 aromatic rings. The molecule has 0 saturated heterocycles. The maximum atomic E-state index is 11.7. The number of nitrogen functional groups attached to an aromatic ring is 1. The molecule has 6 nitrogen and oxygen atoms in total. The van der Waals surface area contributed by atoms with Gasteiger partial charge in [-0.25, -0.2) is 0 Å². The zero-order chi connectivity index (χ0) is 11.5. The Morgan fingerprint density at radius 2 is 2.24 bits per heavy atom. The number of rotatable bonds is 3. The largest absolute Gasteiger partial charge is 0.374 e. The van der Waals surface area contributed by atoms with Crippen molar-refractivity contribution >= 4 is 34.8 Å². The minimum absolute atomic E-state index is 0. The first-order valence-electron chi connectivity index (χ1n) is 5.26. The summed E-state index contributed by atoms with van der Waals surface area (Å²) in [5.41, 5.74) is 11.2. The summed E-state index contributed by atoms with van der Waals surface area (Å²) in [5, 5.41) is 11.5. The molecule has 0 radical (unpaired) electrons. The van der Waals surface area contributed by atoms with Gasteiger partial charge in [0.25, 0.3) is 0 Å². The summed E-state index contributed by atoms with van der Waals surface area (Å²) in [4.78, 5) is 11.7. The predicted molar refractivity (Wildman–Crippen MR) is 68.7 cm³/mol. The van der Waals surface area contributed by atoms with Gasteiger partial charge in [0.15, 0.2) is 0 Å². The number of nitrogens with one attached hydrogen (secondary N) is 1. The van der Waals surface area contributed by atoms with Gasteiger partial charge in [0.05, 0.1) is 6.54 Å². The van der Waals surface area contributed by atoms with Crippen molar-refractivity contribution in [2.75, 3.05) is 5.73 Å². The lowest BCUT2D eigenvalue weighted by Crippen LogP contribution is -2.29. The lowest BCUT2D eigenvalue weighted by atomic mass is 10.1. The Morgan fingerprint density at radius 1 is 1.47 bits per heavy atom. The highest BCUT2D eigenvalue weighted by atomic mass is 35.5. The minimum atomic E-state index is 0. The van der Waals surface area contributed by atoms with E-state index in [4.69, 9.17) is 11.5 Å². The van der Waals surface area contributed by atoms with Gasteiger partial charge in [-0.1, -0.05) is 11.3 Å². The van der Waals surface area contributed by atoms with Crippen LogP contribution < -0.4 is 16.8 Å². The Balaban J connectivity index is 0.00000144. The number of nitrogens with zero attached hydrogens (tertiary/aromatic N) is 2. The summed E-state index contributed by atoms with van der Waals surface area (Å²) in [5.74, 6) is 0.113. The van der Waals surface area contributed by atoms with E-state index in [-0.39, 0.29) is 30.3 Å². The van der Waals surface area contributed by atoms with Gasteiger partial charge in [0.1, 0.15) is 5.01 Å². The van der Waals surface area contributed by atoms with Crippen LogP contribution in [0.1, 0.15) is 24.3 Å². The van der Waals surface area contributed by atoms with E-state index in [0.29, 0.717) is 11.7 Å². The Hall–Kier alpha value is -0.920. The molecule has 2 rings (SSSR count). The number of amides is 1. The van der Waals surface area contributed by atoms with Gasteiger partial charge in [-0.3, -0.25) is 4.79 Å². The minimum Gasteiger partial charge on any atom is -0.374 e. The van der Waals surface area contributed by atoms with Crippen molar-refractivity contribution in [1.29, 1.82) is 0 Å². The zero-order valence-corrected chi connectivity index (χ0v) is 10.9. The molecule has 0 aliphatic heterocycles. The first-order chi connectivity index (χ1) is 7.65. The van der Waals surface area contributed by atoms with Crippen molar-refractivity contribution < 1.29 is 4.79 Å². The number of aromatic nitrogens is 2. The van der Waals surface area contributed by atoms with E-state index in [2.05, 4.69) is 15.5 Å². The van der Waals surface area contributed by atoms with Gasteiger partial charge in [-0.15, -0.1) is 22.6 Å². The van der Waals surface area contributed by atoms with Crippen LogP contribution in [0.25, 0.3) is 0 Å². The van der Waals surface area contributed by atoms with Gasteiger partial charge in [-0.05, 0) is 19.3 Å². The summed E-state index contributed by atoms with van der Waals surface area (Å²) in [6, 6.07) is 0.174. The average molecular weight is 278 g/mol. The predicted octanol–water partition coefficient (Wildman–Crippen LogP) is 0.286. The molecule has 17 heavy (non-hydrogen) atoms. The molecule has 1 heterocycles. The van der Waals surface area contributed by atoms with E-state index in [1.54, 1.807) is 0 Å². The van der Waals surface area contributed by atoms with Crippen LogP contribution in [0, 0.1) is 5.92 Å². The molecule has 1 aliphatic rings. The molecule has 5 N–H and O–H groups in total. The quantitative estimate of drug-likeness (QED) is 0.736. The molecular formula is C9H16ClN5OS. The van der Waals surface area contributed by atoms with E-state index >= 15 is 0 Å². The third-order valence-electron chi connectivity index (χ3n) is 2.74. The number of hydrogen-bond donors (Lipinski definition) is 3. The summed E-state index contributed by atoms with van der Waals surface area (Å²) in [6.07, 6.45) is 2.60. The van der Waals surface area contributed by atoms with Crippen LogP contribution in [0.5, 0.6) is 0 Å². The molecular weight excluding hydrogens is 262 g/mol. The Kier molecular flexibility index (Phi) is 5.10. The molecule has 2 atom stereocenters. The number of carbonyl (C=O) groups is 1. The Labute approximate surface area is 110 Å². The van der Waals surface area contributed by atoms with Crippen molar-refractivity contribution in [3.63, 3.8) is 0 Å². The molecule has 0 bridgehead atoms. The van der Waals surface area contributed by atoms with Crippen LogP contribution in [0.15, 0.2) is 0 Å². The molecule has 1 amide bonds. The second kappa shape index (κ2) is 6.13. The Morgan fingerprint density at radius 3 is 2.76 bits per heavy atom. The molecule has 0 aromatic carbocycles. The van der Waals surface area contributed by atoms with Crippen molar-refractivity contribution in [2.45, 2.75) is 31.8 Å². The van der Waals surface area contributed by atoms with E-state index in [1.807, 2.05) is 0 Å². The smallest absolute Gasteiger partial charge is 0.223 e. The van der Waals surface area contributed by atoms with E-state index in [9.17, 15) is 4.79 Å². The van der Waals surface area contributed by atoms with E-state index in [1.165, 1.54) is 11.3 Å². The van der Waals surface area contributed by atoms with Gasteiger partial charge in [0, 0.05) is 12.0 Å². The summed E-state index contributed by atoms with van der Waals surface area (Å²) in [6.45, 7) is 0.402. The lowest BCUT2D eigenvalue weighted by Gasteiger charge is -2.08. The molecule has 8 heteroatoms. The second-order valence-electron chi connectivity index (χ2n) is 4.02. The molecule has 1 aliphatic carbocycles. The number of hydrogen-bond acceptors (Lipinski definition) is 6. The number of carbonyl (C=O) groups excluding carboxylic acids is 1. The third kappa shape index (κ3) is 3.79. The maximum absolute atomic E-state index is 11.7. The average Bonchev–Trinajstić information content (AvgIpc) is 2.84. The van der Waals surface area contributed by atoms with Crippen molar-refractivity contribution in [3.05, 3.63) is 5.01 Å². The number of halogens is 1. The number of nitrogens with two attached hydrogens (primary N) is 2. The first-order valence-corrected chi connectivity index (χ1v) is 6.08. The SMILES string of the molecule is Cl.Nc1nnc(CNC(=O)[C@H]2CC[C@@H](N)C2)s1. The highest BCUT2D eigenvalue weighted by Gasteiger charge is 2.27. The summed E-state index contributed by atoms with van der Waals surface area (Å²) >= 11 is 1.29. The van der Waals surface area contributed by atoms with Crippen molar-refractivity contribution in [3.8, 4) is 0 Å². The van der Waals surface area contributed by atoms with Crippen LogP contribution in [0.3, 0.4) is 0 Å². The highest BCUT2D eigenvalue weighted by molar-refractivity contribution is 7.15. The van der Waals surface area contributed by atoms with E-state index in [0.717, 1.165) is 24.3 Å². The normalized spacial score (nSPS) is 23.1. The number of anilines is 1. The van der Waals surface area contributed by atoms with Crippen LogP contribution >= 0.6 is 23.7 Å². The van der Waals surface area contributed by atoms with E-state index < -0.39 is 0 Å². The standard InChI is InChI=1S/C9H15N5OS.ClH/c10-6-2-1-5(3-6)8(15)12-4-7-13-14-9(11)16-7;/h5-6H,1-4,10H2,(H2,11,14)(H,12,15);1H/t5-,6+;/m0./s1. The molecule has 96 valence electrons. The monoisotopic (exact) mass is 277 g/mol. The zero-order valence-electron chi connectivity index (χ0n) is 9.26. The van der Waals surface area contributed by atoms with Gasteiger partial charge >= 0.3 is 0 Å². The Bertz CT molecular complexity index is 385. The van der Waals surface area contributed by atoms with Crippen LogP contribution in [-0.2, 0) is 11.3 Å². The molecule has 1 saturated carbocycles.